The van der Waals surface area contributed by atoms with E-state index in [1.54, 1.807) is 0 Å². The number of rotatable bonds is 1. The summed E-state index contributed by atoms with van der Waals surface area (Å²) in [4.78, 5) is 5.05. The molecule has 0 bridgehead atoms. The molecule has 3 aromatic rings. The molecule has 5 rings (SSSR count). The van der Waals surface area contributed by atoms with Crippen LogP contribution in [0.2, 0.25) is 0 Å². The molecule has 0 spiro atoms. The Hall–Kier alpha value is -2.13. The summed E-state index contributed by atoms with van der Waals surface area (Å²) in [5.74, 6) is 2.40. The molecule has 3 heterocycles. The van der Waals surface area contributed by atoms with Gasteiger partial charge in [0.05, 0.1) is 11.0 Å². The summed E-state index contributed by atoms with van der Waals surface area (Å²) in [6.07, 6.45) is 2.48. The summed E-state index contributed by atoms with van der Waals surface area (Å²) >= 11 is 0. The number of fused-ring (bicyclic) bond motifs is 4. The molecule has 1 N–H and O–H groups in total. The SMILES string of the molecule is c1ccc2c(c1)Cn1c(nc3ccccc31)C2C1CCNCC1. The van der Waals surface area contributed by atoms with E-state index in [4.69, 9.17) is 4.98 Å². The minimum atomic E-state index is 0.439. The Labute approximate surface area is 136 Å². The normalized spacial score (nSPS) is 21.1. The monoisotopic (exact) mass is 303 g/mol. The van der Waals surface area contributed by atoms with Gasteiger partial charge in [-0.3, -0.25) is 0 Å². The lowest BCUT2D eigenvalue weighted by atomic mass is 9.77. The van der Waals surface area contributed by atoms with Crippen LogP contribution in [0.3, 0.4) is 0 Å². The van der Waals surface area contributed by atoms with Crippen LogP contribution in [0.4, 0.5) is 0 Å². The second-order valence-electron chi connectivity index (χ2n) is 6.81. The first kappa shape index (κ1) is 13.3. The van der Waals surface area contributed by atoms with Crippen molar-refractivity contribution in [2.75, 3.05) is 13.1 Å². The first-order valence-corrected chi connectivity index (χ1v) is 8.65. The van der Waals surface area contributed by atoms with Gasteiger partial charge in [-0.2, -0.15) is 0 Å². The van der Waals surface area contributed by atoms with Crippen LogP contribution in [-0.4, -0.2) is 22.6 Å². The fourth-order valence-electron chi connectivity index (χ4n) is 4.43. The maximum absolute atomic E-state index is 5.05. The quantitative estimate of drug-likeness (QED) is 0.745. The molecule has 116 valence electrons. The molecule has 0 aliphatic carbocycles. The summed E-state index contributed by atoms with van der Waals surface area (Å²) < 4.78 is 2.45. The van der Waals surface area contributed by atoms with Gasteiger partial charge in [0.25, 0.3) is 0 Å². The minimum Gasteiger partial charge on any atom is -0.323 e. The fourth-order valence-corrected chi connectivity index (χ4v) is 4.43. The fraction of sp³-hybridized carbons (Fsp3) is 0.350. The lowest BCUT2D eigenvalue weighted by molar-refractivity contribution is 0.326. The van der Waals surface area contributed by atoms with Crippen LogP contribution >= 0.6 is 0 Å². The molecular formula is C20H21N3. The molecule has 1 atom stereocenters. The molecule has 1 unspecified atom stereocenters. The Morgan fingerprint density at radius 1 is 0.957 bits per heavy atom. The summed E-state index contributed by atoms with van der Waals surface area (Å²) in [7, 11) is 0. The number of imidazole rings is 1. The van der Waals surface area contributed by atoms with E-state index in [-0.39, 0.29) is 0 Å². The van der Waals surface area contributed by atoms with E-state index >= 15 is 0 Å². The standard InChI is InChI=1S/C20H21N3/c1-2-6-16-15(5-1)13-23-18-8-4-3-7-17(18)22-20(23)19(16)14-9-11-21-12-10-14/h1-8,14,19,21H,9-13H2. The molecule has 23 heavy (non-hydrogen) atoms. The van der Waals surface area contributed by atoms with Gasteiger partial charge >= 0.3 is 0 Å². The first-order chi connectivity index (χ1) is 11.4. The van der Waals surface area contributed by atoms with Crippen molar-refractivity contribution in [3.8, 4) is 0 Å². The van der Waals surface area contributed by atoms with Gasteiger partial charge in [0.2, 0.25) is 0 Å². The van der Waals surface area contributed by atoms with E-state index in [0.29, 0.717) is 11.8 Å². The third-order valence-corrected chi connectivity index (χ3v) is 5.54. The van der Waals surface area contributed by atoms with Crippen molar-refractivity contribution in [2.45, 2.75) is 25.3 Å². The van der Waals surface area contributed by atoms with Crippen LogP contribution in [0.1, 0.15) is 35.7 Å². The van der Waals surface area contributed by atoms with Crippen LogP contribution in [0.5, 0.6) is 0 Å². The highest BCUT2D eigenvalue weighted by Gasteiger charge is 2.34. The Morgan fingerprint density at radius 3 is 2.65 bits per heavy atom. The van der Waals surface area contributed by atoms with Gasteiger partial charge < -0.3 is 9.88 Å². The topological polar surface area (TPSA) is 29.9 Å². The minimum absolute atomic E-state index is 0.439. The maximum atomic E-state index is 5.05. The van der Waals surface area contributed by atoms with Crippen molar-refractivity contribution >= 4 is 11.0 Å². The Morgan fingerprint density at radius 2 is 1.74 bits per heavy atom. The number of nitrogens with one attached hydrogen (secondary N) is 1. The first-order valence-electron chi connectivity index (χ1n) is 8.65. The molecular weight excluding hydrogens is 282 g/mol. The van der Waals surface area contributed by atoms with Gasteiger partial charge in [-0.15, -0.1) is 0 Å². The summed E-state index contributed by atoms with van der Waals surface area (Å²) in [6, 6.07) is 17.5. The number of piperidine rings is 1. The van der Waals surface area contributed by atoms with Crippen molar-refractivity contribution in [2.24, 2.45) is 5.92 Å². The van der Waals surface area contributed by atoms with Gasteiger partial charge in [-0.1, -0.05) is 36.4 Å². The van der Waals surface area contributed by atoms with E-state index in [0.717, 1.165) is 25.2 Å². The number of hydrogen-bond donors (Lipinski definition) is 1. The van der Waals surface area contributed by atoms with Gasteiger partial charge in [0.15, 0.2) is 0 Å². The highest BCUT2D eigenvalue weighted by molar-refractivity contribution is 5.76. The van der Waals surface area contributed by atoms with E-state index < -0.39 is 0 Å². The zero-order valence-electron chi connectivity index (χ0n) is 13.2. The molecule has 0 amide bonds. The molecule has 0 saturated carbocycles. The van der Waals surface area contributed by atoms with Crippen LogP contribution in [0.15, 0.2) is 48.5 Å². The Kier molecular flexibility index (Phi) is 3.01. The van der Waals surface area contributed by atoms with Crippen molar-refractivity contribution in [3.63, 3.8) is 0 Å². The molecule has 1 fully saturated rings. The molecule has 1 saturated heterocycles. The number of benzene rings is 2. The van der Waals surface area contributed by atoms with Gasteiger partial charge in [-0.05, 0) is 55.1 Å². The van der Waals surface area contributed by atoms with Crippen LogP contribution < -0.4 is 5.32 Å². The lowest BCUT2D eigenvalue weighted by Crippen LogP contribution is -2.34. The summed E-state index contributed by atoms with van der Waals surface area (Å²) in [5.41, 5.74) is 5.37. The Bertz CT molecular complexity index is 858. The molecule has 3 heteroatoms. The molecule has 2 aliphatic heterocycles. The third-order valence-electron chi connectivity index (χ3n) is 5.54. The van der Waals surface area contributed by atoms with Crippen LogP contribution in [-0.2, 0) is 6.54 Å². The largest absolute Gasteiger partial charge is 0.323 e. The number of para-hydroxylation sites is 2. The number of aromatic nitrogens is 2. The average Bonchev–Trinajstić information content (AvgIpc) is 2.98. The van der Waals surface area contributed by atoms with Crippen LogP contribution in [0, 0.1) is 5.92 Å². The molecule has 0 radical (unpaired) electrons. The highest BCUT2D eigenvalue weighted by atomic mass is 15.1. The third kappa shape index (κ3) is 2.03. The van der Waals surface area contributed by atoms with E-state index in [1.807, 2.05) is 0 Å². The molecule has 3 nitrogen and oxygen atoms in total. The second kappa shape index (κ2) is 5.20. The molecule has 2 aromatic carbocycles. The predicted octanol–water partition coefficient (Wildman–Crippen LogP) is 3.53. The summed E-state index contributed by atoms with van der Waals surface area (Å²) in [5, 5.41) is 3.50. The average molecular weight is 303 g/mol. The van der Waals surface area contributed by atoms with Crippen molar-refractivity contribution in [1.82, 2.24) is 14.9 Å². The van der Waals surface area contributed by atoms with Gasteiger partial charge in [0.1, 0.15) is 5.82 Å². The maximum Gasteiger partial charge on any atom is 0.118 e. The van der Waals surface area contributed by atoms with E-state index in [1.165, 1.54) is 35.3 Å². The second-order valence-corrected chi connectivity index (χ2v) is 6.81. The van der Waals surface area contributed by atoms with Crippen LogP contribution in [0.25, 0.3) is 11.0 Å². The lowest BCUT2D eigenvalue weighted by Gasteiger charge is -2.35. The van der Waals surface area contributed by atoms with Crippen molar-refractivity contribution in [3.05, 3.63) is 65.5 Å². The number of nitrogens with zero attached hydrogens (tertiary/aromatic N) is 2. The summed E-state index contributed by atoms with van der Waals surface area (Å²) in [6.45, 7) is 3.21. The van der Waals surface area contributed by atoms with Crippen molar-refractivity contribution in [1.29, 1.82) is 0 Å². The van der Waals surface area contributed by atoms with E-state index in [2.05, 4.69) is 58.4 Å². The van der Waals surface area contributed by atoms with Gasteiger partial charge in [-0.25, -0.2) is 4.98 Å². The predicted molar refractivity (Wildman–Crippen MR) is 92.7 cm³/mol. The molecule has 2 aliphatic rings. The smallest absolute Gasteiger partial charge is 0.118 e. The zero-order chi connectivity index (χ0) is 15.2. The number of hydrogen-bond acceptors (Lipinski definition) is 2. The Balaban J connectivity index is 1.73. The molecule has 1 aromatic heterocycles. The zero-order valence-corrected chi connectivity index (χ0v) is 13.2. The highest BCUT2D eigenvalue weighted by Crippen LogP contribution is 2.42. The van der Waals surface area contributed by atoms with Crippen molar-refractivity contribution < 1.29 is 0 Å². The van der Waals surface area contributed by atoms with E-state index in [9.17, 15) is 0 Å². The van der Waals surface area contributed by atoms with Gasteiger partial charge in [0, 0.05) is 12.5 Å².